The Balaban J connectivity index is 2.11. The van der Waals surface area contributed by atoms with Crippen LogP contribution in [0.5, 0.6) is 0 Å². The van der Waals surface area contributed by atoms with Crippen molar-refractivity contribution in [2.45, 2.75) is 19.4 Å². The van der Waals surface area contributed by atoms with Gasteiger partial charge in [-0.25, -0.2) is 9.79 Å². The highest BCUT2D eigenvalue weighted by molar-refractivity contribution is 5.99. The van der Waals surface area contributed by atoms with Crippen molar-refractivity contribution in [3.8, 4) is 0 Å². The predicted molar refractivity (Wildman–Crippen MR) is 95.1 cm³/mol. The molecular formula is C19H18N2O5. The molecule has 0 bridgehead atoms. The normalized spacial score (nSPS) is 18.8. The molecule has 0 radical (unpaired) electrons. The van der Waals surface area contributed by atoms with Gasteiger partial charge < -0.3 is 9.47 Å². The molecule has 134 valence electrons. The van der Waals surface area contributed by atoms with Gasteiger partial charge in [-0.2, -0.15) is 0 Å². The lowest BCUT2D eigenvalue weighted by Gasteiger charge is -2.23. The second-order valence-electron chi connectivity index (χ2n) is 5.91. The van der Waals surface area contributed by atoms with Crippen molar-refractivity contribution in [3.63, 3.8) is 0 Å². The zero-order valence-corrected chi connectivity index (χ0v) is 14.5. The highest BCUT2D eigenvalue weighted by Crippen LogP contribution is 2.37. The van der Waals surface area contributed by atoms with Crippen LogP contribution < -0.4 is 0 Å². The number of ether oxygens (including phenoxy) is 2. The minimum atomic E-state index is -1.37. The molecule has 1 aliphatic rings. The topological polar surface area (TPSA) is 91.0 Å². The molecule has 2 aromatic rings. The summed E-state index contributed by atoms with van der Waals surface area (Å²) in [5.41, 5.74) is 0.441. The lowest BCUT2D eigenvalue weighted by atomic mass is 9.88. The van der Waals surface area contributed by atoms with Crippen LogP contribution in [0.2, 0.25) is 0 Å². The minimum Gasteiger partial charge on any atom is -0.474 e. The van der Waals surface area contributed by atoms with Crippen LogP contribution in [0.4, 0.5) is 5.69 Å². The van der Waals surface area contributed by atoms with Gasteiger partial charge in [0, 0.05) is 17.7 Å². The quantitative estimate of drug-likeness (QED) is 0.467. The Labute approximate surface area is 150 Å². The lowest BCUT2D eigenvalue weighted by Crippen LogP contribution is -2.38. The van der Waals surface area contributed by atoms with Crippen molar-refractivity contribution in [1.82, 2.24) is 0 Å². The van der Waals surface area contributed by atoms with Crippen LogP contribution in [0.1, 0.15) is 23.6 Å². The molecule has 7 heteroatoms. The number of aliphatic imine (C=N–C) groups is 1. The summed E-state index contributed by atoms with van der Waals surface area (Å²) in [6.07, 6.45) is 0. The van der Waals surface area contributed by atoms with Gasteiger partial charge in [-0.05, 0) is 43.2 Å². The second-order valence-corrected chi connectivity index (χ2v) is 5.91. The van der Waals surface area contributed by atoms with Crippen molar-refractivity contribution in [3.05, 3.63) is 75.3 Å². The van der Waals surface area contributed by atoms with Crippen LogP contribution in [-0.4, -0.2) is 30.0 Å². The first-order valence-electron chi connectivity index (χ1n) is 8.19. The van der Waals surface area contributed by atoms with E-state index in [1.807, 2.05) is 30.3 Å². The van der Waals surface area contributed by atoms with E-state index < -0.39 is 16.4 Å². The molecule has 1 aliphatic heterocycles. The first kappa shape index (κ1) is 17.6. The van der Waals surface area contributed by atoms with E-state index in [0.29, 0.717) is 17.0 Å². The number of rotatable bonds is 5. The predicted octanol–water partition coefficient (Wildman–Crippen LogP) is 3.14. The molecule has 1 atom stereocenters. The van der Waals surface area contributed by atoms with Gasteiger partial charge in [0.1, 0.15) is 6.61 Å². The first-order chi connectivity index (χ1) is 12.5. The van der Waals surface area contributed by atoms with Crippen molar-refractivity contribution in [2.75, 3.05) is 13.2 Å². The van der Waals surface area contributed by atoms with Crippen molar-refractivity contribution in [1.29, 1.82) is 0 Å². The van der Waals surface area contributed by atoms with Crippen molar-refractivity contribution >= 4 is 17.6 Å². The maximum Gasteiger partial charge on any atom is 0.342 e. The Morgan fingerprint density at radius 1 is 1.31 bits per heavy atom. The summed E-state index contributed by atoms with van der Waals surface area (Å²) in [5, 5.41) is 11.0. The molecule has 0 aromatic heterocycles. The number of non-ortho nitro benzene ring substituents is 1. The van der Waals surface area contributed by atoms with Crippen LogP contribution in [0.25, 0.3) is 0 Å². The van der Waals surface area contributed by atoms with Gasteiger partial charge in [-0.3, -0.25) is 10.1 Å². The molecule has 0 amide bonds. The molecule has 26 heavy (non-hydrogen) atoms. The van der Waals surface area contributed by atoms with E-state index in [9.17, 15) is 14.9 Å². The molecular weight excluding hydrogens is 336 g/mol. The van der Waals surface area contributed by atoms with Gasteiger partial charge in [-0.15, -0.1) is 0 Å². The van der Waals surface area contributed by atoms with Gasteiger partial charge in [0.2, 0.25) is 11.4 Å². The summed E-state index contributed by atoms with van der Waals surface area (Å²) in [6.45, 7) is 3.60. The number of nitro groups is 1. The van der Waals surface area contributed by atoms with E-state index in [-0.39, 0.29) is 18.9 Å². The number of hydrogen-bond acceptors (Lipinski definition) is 6. The number of nitrogens with zero attached hydrogens (tertiary/aromatic N) is 2. The summed E-state index contributed by atoms with van der Waals surface area (Å²) < 4.78 is 11.0. The number of esters is 1. The molecule has 2 aromatic carbocycles. The SMILES string of the molecule is CCOC(=O)C1(c2ccc([N+](=O)[O-])cc2C)COC(c2ccccc2)=N1. The minimum absolute atomic E-state index is 0.0191. The van der Waals surface area contributed by atoms with Gasteiger partial charge in [-0.1, -0.05) is 18.2 Å². The number of carbonyl (C=O) groups excluding carboxylic acids is 1. The van der Waals surface area contributed by atoms with Crippen LogP contribution in [0.3, 0.4) is 0 Å². The van der Waals surface area contributed by atoms with Crippen LogP contribution in [-0.2, 0) is 19.8 Å². The number of nitro benzene ring substituents is 1. The average Bonchev–Trinajstić information content (AvgIpc) is 3.09. The highest BCUT2D eigenvalue weighted by atomic mass is 16.6. The Kier molecular flexibility index (Phi) is 4.71. The van der Waals surface area contributed by atoms with E-state index >= 15 is 0 Å². The second kappa shape index (κ2) is 6.95. The first-order valence-corrected chi connectivity index (χ1v) is 8.19. The fourth-order valence-electron chi connectivity index (χ4n) is 2.97. The smallest absolute Gasteiger partial charge is 0.342 e. The highest BCUT2D eigenvalue weighted by Gasteiger charge is 2.48. The molecule has 7 nitrogen and oxygen atoms in total. The standard InChI is InChI=1S/C19H18N2O5/c1-3-25-18(22)19(16-10-9-15(21(23)24)11-13(16)2)12-26-17(20-19)14-7-5-4-6-8-14/h4-11H,3,12H2,1-2H3. The summed E-state index contributed by atoms with van der Waals surface area (Å²) in [6, 6.07) is 13.6. The summed E-state index contributed by atoms with van der Waals surface area (Å²) in [5.74, 6) is -0.195. The molecule has 1 unspecified atom stereocenters. The van der Waals surface area contributed by atoms with Crippen molar-refractivity contribution < 1.29 is 19.2 Å². The van der Waals surface area contributed by atoms with Gasteiger partial charge in [0.25, 0.3) is 5.69 Å². The molecule has 0 N–H and O–H groups in total. The Morgan fingerprint density at radius 3 is 2.65 bits per heavy atom. The van der Waals surface area contributed by atoms with Crippen LogP contribution in [0.15, 0.2) is 53.5 Å². The summed E-state index contributed by atoms with van der Waals surface area (Å²) >= 11 is 0. The molecule has 0 saturated heterocycles. The summed E-state index contributed by atoms with van der Waals surface area (Å²) in [7, 11) is 0. The maximum absolute atomic E-state index is 12.8. The van der Waals surface area contributed by atoms with E-state index in [0.717, 1.165) is 5.56 Å². The van der Waals surface area contributed by atoms with E-state index in [2.05, 4.69) is 4.99 Å². The lowest BCUT2D eigenvalue weighted by molar-refractivity contribution is -0.384. The van der Waals surface area contributed by atoms with E-state index in [4.69, 9.17) is 9.47 Å². The average molecular weight is 354 g/mol. The van der Waals surface area contributed by atoms with Gasteiger partial charge in [0.15, 0.2) is 0 Å². The fourth-order valence-corrected chi connectivity index (χ4v) is 2.97. The molecule has 1 heterocycles. The van der Waals surface area contributed by atoms with Crippen molar-refractivity contribution in [2.24, 2.45) is 4.99 Å². The van der Waals surface area contributed by atoms with Crippen LogP contribution in [0, 0.1) is 17.0 Å². The summed E-state index contributed by atoms with van der Waals surface area (Å²) in [4.78, 5) is 27.9. The Morgan fingerprint density at radius 2 is 2.04 bits per heavy atom. The fraction of sp³-hybridized carbons (Fsp3) is 0.263. The monoisotopic (exact) mass is 354 g/mol. The zero-order chi connectivity index (χ0) is 18.7. The largest absolute Gasteiger partial charge is 0.474 e. The maximum atomic E-state index is 12.8. The third kappa shape index (κ3) is 3.03. The number of benzene rings is 2. The third-order valence-electron chi connectivity index (χ3n) is 4.21. The molecule has 0 aliphatic carbocycles. The molecule has 0 saturated carbocycles. The Bertz CT molecular complexity index is 879. The van der Waals surface area contributed by atoms with E-state index in [1.54, 1.807) is 19.9 Å². The van der Waals surface area contributed by atoms with E-state index in [1.165, 1.54) is 12.1 Å². The van der Waals surface area contributed by atoms with Gasteiger partial charge >= 0.3 is 5.97 Å². The third-order valence-corrected chi connectivity index (χ3v) is 4.21. The Hall–Kier alpha value is -3.22. The van der Waals surface area contributed by atoms with Crippen LogP contribution >= 0.6 is 0 Å². The molecule has 3 rings (SSSR count). The zero-order valence-electron chi connectivity index (χ0n) is 14.5. The molecule has 0 fully saturated rings. The number of aryl methyl sites for hydroxylation is 1. The number of carbonyl (C=O) groups is 1. The number of hydrogen-bond donors (Lipinski definition) is 0. The van der Waals surface area contributed by atoms with Gasteiger partial charge in [0.05, 0.1) is 11.5 Å². The molecule has 0 spiro atoms.